The molecule has 21 heavy (non-hydrogen) atoms. The van der Waals surface area contributed by atoms with E-state index in [2.05, 4.69) is 16.5 Å². The number of hydrogen-bond donors (Lipinski definition) is 2. The zero-order valence-electron chi connectivity index (χ0n) is 12.2. The lowest BCUT2D eigenvalue weighted by Gasteiger charge is -2.30. The Bertz CT molecular complexity index is 564. The summed E-state index contributed by atoms with van der Waals surface area (Å²) < 4.78 is 40.1. The molecular formula is C14H22FN3O2S. The number of benzene rings is 1. The lowest BCUT2D eigenvalue weighted by atomic mass is 9.97. The van der Waals surface area contributed by atoms with Crippen LogP contribution in [0.5, 0.6) is 0 Å². The van der Waals surface area contributed by atoms with Crippen LogP contribution < -0.4 is 10.5 Å². The van der Waals surface area contributed by atoms with Crippen LogP contribution in [0.2, 0.25) is 0 Å². The third kappa shape index (κ3) is 4.39. The van der Waals surface area contributed by atoms with Gasteiger partial charge in [0, 0.05) is 12.2 Å². The van der Waals surface area contributed by atoms with Crippen LogP contribution in [-0.2, 0) is 10.0 Å². The van der Waals surface area contributed by atoms with E-state index in [0.29, 0.717) is 12.5 Å². The molecule has 1 aliphatic heterocycles. The normalized spacial score (nSPS) is 18.0. The molecule has 0 aromatic heterocycles. The fourth-order valence-corrected chi connectivity index (χ4v) is 3.74. The quantitative estimate of drug-likeness (QED) is 0.806. The van der Waals surface area contributed by atoms with Crippen molar-refractivity contribution in [3.05, 3.63) is 24.0 Å². The zero-order valence-corrected chi connectivity index (χ0v) is 13.0. The molecular weight excluding hydrogens is 293 g/mol. The molecule has 1 aromatic carbocycles. The zero-order chi connectivity index (χ0) is 15.5. The van der Waals surface area contributed by atoms with Gasteiger partial charge in [-0.25, -0.2) is 17.5 Å². The van der Waals surface area contributed by atoms with Gasteiger partial charge in [-0.2, -0.15) is 0 Å². The highest BCUT2D eigenvalue weighted by Crippen LogP contribution is 2.19. The summed E-state index contributed by atoms with van der Waals surface area (Å²) in [6, 6.07) is 3.35. The number of likely N-dealkylation sites (tertiary alicyclic amines) is 1. The number of nitrogens with one attached hydrogen (secondary N) is 1. The number of nitrogen functional groups attached to an aromatic ring is 1. The Balaban J connectivity index is 1.95. The molecule has 7 heteroatoms. The Morgan fingerprint density at radius 1 is 1.33 bits per heavy atom. The van der Waals surface area contributed by atoms with Gasteiger partial charge in [-0.15, -0.1) is 0 Å². The first-order valence-electron chi connectivity index (χ1n) is 7.19. The summed E-state index contributed by atoms with van der Waals surface area (Å²) in [6.07, 6.45) is 1.95. The van der Waals surface area contributed by atoms with Crippen LogP contribution in [0, 0.1) is 11.7 Å². The highest BCUT2D eigenvalue weighted by molar-refractivity contribution is 7.89. The number of sulfonamides is 1. The summed E-state index contributed by atoms with van der Waals surface area (Å²) in [5, 5.41) is 0. The molecule has 0 unspecified atom stereocenters. The first kappa shape index (κ1) is 16.2. The van der Waals surface area contributed by atoms with Crippen molar-refractivity contribution in [1.82, 2.24) is 9.62 Å². The first-order chi connectivity index (χ1) is 9.90. The van der Waals surface area contributed by atoms with Crippen molar-refractivity contribution in [3.63, 3.8) is 0 Å². The number of nitrogens with zero attached hydrogens (tertiary/aromatic N) is 1. The highest BCUT2D eigenvalue weighted by Gasteiger charge is 2.21. The van der Waals surface area contributed by atoms with Gasteiger partial charge in [0.05, 0.1) is 4.90 Å². The summed E-state index contributed by atoms with van der Waals surface area (Å²) >= 11 is 0. The van der Waals surface area contributed by atoms with E-state index in [1.807, 2.05) is 0 Å². The van der Waals surface area contributed by atoms with E-state index in [4.69, 9.17) is 5.73 Å². The molecule has 1 fully saturated rings. The van der Waals surface area contributed by atoms with Crippen molar-refractivity contribution in [2.45, 2.75) is 24.7 Å². The van der Waals surface area contributed by atoms with Gasteiger partial charge in [-0.3, -0.25) is 0 Å². The molecule has 0 spiro atoms. The van der Waals surface area contributed by atoms with E-state index in [0.717, 1.165) is 44.6 Å². The Morgan fingerprint density at radius 2 is 2.00 bits per heavy atom. The van der Waals surface area contributed by atoms with Crippen LogP contribution in [0.1, 0.15) is 19.8 Å². The Hall–Kier alpha value is -1.18. The molecule has 0 aliphatic carbocycles. The van der Waals surface area contributed by atoms with Crippen LogP contribution in [0.15, 0.2) is 23.1 Å². The second kappa shape index (κ2) is 6.72. The van der Waals surface area contributed by atoms with Gasteiger partial charge >= 0.3 is 0 Å². The molecule has 2 rings (SSSR count). The smallest absolute Gasteiger partial charge is 0.240 e. The first-order valence-corrected chi connectivity index (χ1v) is 8.67. The van der Waals surface area contributed by atoms with Crippen LogP contribution in [0.3, 0.4) is 0 Å². The van der Waals surface area contributed by atoms with Crippen molar-refractivity contribution in [1.29, 1.82) is 0 Å². The molecule has 0 radical (unpaired) electrons. The molecule has 0 amide bonds. The molecule has 0 bridgehead atoms. The van der Waals surface area contributed by atoms with E-state index in [-0.39, 0.29) is 10.6 Å². The van der Waals surface area contributed by atoms with Gasteiger partial charge in [-0.05, 0) is 56.6 Å². The Kier molecular flexibility index (Phi) is 5.18. The van der Waals surface area contributed by atoms with Crippen molar-refractivity contribution in [2.24, 2.45) is 5.92 Å². The largest absolute Gasteiger partial charge is 0.399 e. The van der Waals surface area contributed by atoms with Gasteiger partial charge in [0.25, 0.3) is 0 Å². The predicted molar refractivity (Wildman–Crippen MR) is 80.8 cm³/mol. The number of nitrogens with two attached hydrogens (primary N) is 1. The van der Waals surface area contributed by atoms with Gasteiger partial charge in [-0.1, -0.05) is 6.92 Å². The summed E-state index contributed by atoms with van der Waals surface area (Å²) in [5.74, 6) is -0.319. The Labute approximate surface area is 125 Å². The minimum atomic E-state index is -3.71. The van der Waals surface area contributed by atoms with Gasteiger partial charge in [0.1, 0.15) is 5.82 Å². The molecule has 3 N–H and O–H groups in total. The highest BCUT2D eigenvalue weighted by atomic mass is 32.2. The molecule has 5 nitrogen and oxygen atoms in total. The van der Waals surface area contributed by atoms with Crippen LogP contribution in [0.4, 0.5) is 10.1 Å². The predicted octanol–water partition coefficient (Wildman–Crippen LogP) is 1.42. The standard InChI is InChI=1S/C14H22FN3O2S/c1-2-18-5-3-11(4-6-18)10-17-21(19,20)14-8-12(15)7-13(16)9-14/h7-9,11,17H,2-6,10,16H2,1H3. The maximum atomic E-state index is 13.3. The summed E-state index contributed by atoms with van der Waals surface area (Å²) in [4.78, 5) is 2.23. The third-order valence-corrected chi connectivity index (χ3v) is 5.32. The van der Waals surface area contributed by atoms with E-state index < -0.39 is 15.8 Å². The summed E-state index contributed by atoms with van der Waals surface area (Å²) in [6.45, 7) is 5.53. The molecule has 1 heterocycles. The monoisotopic (exact) mass is 315 g/mol. The van der Waals surface area contributed by atoms with Gasteiger partial charge in [0.15, 0.2) is 0 Å². The van der Waals surface area contributed by atoms with Crippen LogP contribution >= 0.6 is 0 Å². The van der Waals surface area contributed by atoms with Crippen LogP contribution in [-0.4, -0.2) is 39.5 Å². The number of anilines is 1. The van der Waals surface area contributed by atoms with Crippen molar-refractivity contribution < 1.29 is 12.8 Å². The summed E-state index contributed by atoms with van der Waals surface area (Å²) in [5.41, 5.74) is 5.59. The average Bonchev–Trinajstić information content (AvgIpc) is 2.45. The van der Waals surface area contributed by atoms with Gasteiger partial charge in [0.2, 0.25) is 10.0 Å². The molecule has 1 aromatic rings. The second-order valence-electron chi connectivity index (χ2n) is 5.45. The lowest BCUT2D eigenvalue weighted by molar-refractivity contribution is 0.194. The molecule has 1 saturated heterocycles. The van der Waals surface area contributed by atoms with Crippen LogP contribution in [0.25, 0.3) is 0 Å². The van der Waals surface area contributed by atoms with E-state index in [1.165, 1.54) is 6.07 Å². The minimum absolute atomic E-state index is 0.103. The number of piperidine rings is 1. The molecule has 0 atom stereocenters. The number of hydrogen-bond acceptors (Lipinski definition) is 4. The van der Waals surface area contributed by atoms with E-state index in [1.54, 1.807) is 0 Å². The van der Waals surface area contributed by atoms with Crippen molar-refractivity contribution in [2.75, 3.05) is 31.9 Å². The third-order valence-electron chi connectivity index (χ3n) is 3.92. The second-order valence-corrected chi connectivity index (χ2v) is 7.22. The number of halogens is 1. The minimum Gasteiger partial charge on any atom is -0.399 e. The number of rotatable bonds is 5. The molecule has 0 saturated carbocycles. The van der Waals surface area contributed by atoms with E-state index >= 15 is 0 Å². The topological polar surface area (TPSA) is 75.4 Å². The maximum absolute atomic E-state index is 13.3. The average molecular weight is 315 g/mol. The fraction of sp³-hybridized carbons (Fsp3) is 0.571. The van der Waals surface area contributed by atoms with E-state index in [9.17, 15) is 12.8 Å². The van der Waals surface area contributed by atoms with Crippen molar-refractivity contribution >= 4 is 15.7 Å². The molecule has 1 aliphatic rings. The fourth-order valence-electron chi connectivity index (χ4n) is 2.56. The Morgan fingerprint density at radius 3 is 2.57 bits per heavy atom. The maximum Gasteiger partial charge on any atom is 0.240 e. The summed E-state index contributed by atoms with van der Waals surface area (Å²) in [7, 11) is -3.71. The van der Waals surface area contributed by atoms with Crippen molar-refractivity contribution in [3.8, 4) is 0 Å². The SMILES string of the molecule is CCN1CCC(CNS(=O)(=O)c2cc(N)cc(F)c2)CC1. The lowest BCUT2D eigenvalue weighted by Crippen LogP contribution is -2.38. The van der Waals surface area contributed by atoms with Gasteiger partial charge < -0.3 is 10.6 Å². The molecule has 118 valence electrons.